The molecule has 68 valence electrons. The van der Waals surface area contributed by atoms with Gasteiger partial charge in [-0.15, -0.1) is 0 Å². The standard InChI is InChI=1S/C6H15O4P/c1-6(2)10-5-11(7,8-3)9-4/h6H,5H2,1-4H3. The number of ether oxygens (including phenoxy) is 1. The zero-order valence-electron chi connectivity index (χ0n) is 7.36. The number of hydrogen-bond donors (Lipinski definition) is 0. The predicted molar refractivity (Wildman–Crippen MR) is 42.7 cm³/mol. The van der Waals surface area contributed by atoms with E-state index in [1.807, 2.05) is 13.8 Å². The molecule has 0 atom stereocenters. The largest absolute Gasteiger partial charge is 0.366 e. The summed E-state index contributed by atoms with van der Waals surface area (Å²) < 4.78 is 25.7. The van der Waals surface area contributed by atoms with Crippen LogP contribution in [-0.4, -0.2) is 26.7 Å². The van der Waals surface area contributed by atoms with Gasteiger partial charge >= 0.3 is 7.60 Å². The van der Waals surface area contributed by atoms with Crippen molar-refractivity contribution in [1.29, 1.82) is 0 Å². The third kappa shape index (κ3) is 4.53. The monoisotopic (exact) mass is 182 g/mol. The average molecular weight is 182 g/mol. The highest BCUT2D eigenvalue weighted by atomic mass is 31.2. The lowest BCUT2D eigenvalue weighted by Gasteiger charge is -2.14. The maximum Gasteiger partial charge on any atom is 0.355 e. The highest BCUT2D eigenvalue weighted by Crippen LogP contribution is 2.46. The summed E-state index contributed by atoms with van der Waals surface area (Å²) in [5.74, 6) is 0. The zero-order chi connectivity index (χ0) is 8.91. The van der Waals surface area contributed by atoms with Crippen LogP contribution in [0.25, 0.3) is 0 Å². The summed E-state index contributed by atoms with van der Waals surface area (Å²) in [7, 11) is -0.275. The van der Waals surface area contributed by atoms with Crippen LogP contribution < -0.4 is 0 Å². The van der Waals surface area contributed by atoms with E-state index in [0.717, 1.165) is 0 Å². The topological polar surface area (TPSA) is 44.8 Å². The Morgan fingerprint density at radius 2 is 1.73 bits per heavy atom. The molecule has 11 heavy (non-hydrogen) atoms. The molecule has 0 spiro atoms. The molecule has 0 fully saturated rings. The minimum atomic E-state index is -2.96. The summed E-state index contributed by atoms with van der Waals surface area (Å²) in [6, 6.07) is 0. The molecule has 0 aliphatic heterocycles. The second kappa shape index (κ2) is 4.88. The molecule has 5 heteroatoms. The van der Waals surface area contributed by atoms with Crippen molar-refractivity contribution in [2.24, 2.45) is 0 Å². The Hall–Kier alpha value is 0.110. The lowest BCUT2D eigenvalue weighted by Crippen LogP contribution is -2.06. The molecule has 0 unspecified atom stereocenters. The number of rotatable bonds is 5. The van der Waals surface area contributed by atoms with E-state index in [1.54, 1.807) is 0 Å². The van der Waals surface area contributed by atoms with E-state index in [9.17, 15) is 4.57 Å². The zero-order valence-corrected chi connectivity index (χ0v) is 8.26. The quantitative estimate of drug-likeness (QED) is 0.608. The van der Waals surface area contributed by atoms with Crippen LogP contribution in [0.3, 0.4) is 0 Å². The molecule has 0 rings (SSSR count). The Balaban J connectivity index is 3.79. The highest BCUT2D eigenvalue weighted by molar-refractivity contribution is 7.53. The average Bonchev–Trinajstić information content (AvgIpc) is 2.00. The molecule has 0 amide bonds. The van der Waals surface area contributed by atoms with Gasteiger partial charge in [0.15, 0.2) is 0 Å². The van der Waals surface area contributed by atoms with Crippen molar-refractivity contribution in [2.75, 3.05) is 20.6 Å². The Morgan fingerprint density at radius 1 is 1.27 bits per heavy atom. The van der Waals surface area contributed by atoms with E-state index in [2.05, 4.69) is 9.05 Å². The molecule has 0 saturated carbocycles. The van der Waals surface area contributed by atoms with Crippen LogP contribution in [0.1, 0.15) is 13.8 Å². The molecule has 0 heterocycles. The summed E-state index contributed by atoms with van der Waals surface area (Å²) in [4.78, 5) is 0. The van der Waals surface area contributed by atoms with Crippen LogP contribution in [0.5, 0.6) is 0 Å². The van der Waals surface area contributed by atoms with Gasteiger partial charge in [0.1, 0.15) is 6.35 Å². The Labute approximate surface area is 67.4 Å². The van der Waals surface area contributed by atoms with Crippen LogP contribution in [0, 0.1) is 0 Å². The Kier molecular flexibility index (Phi) is 4.93. The normalized spacial score (nSPS) is 12.5. The molecule has 0 saturated heterocycles. The Bertz CT molecular complexity index is 138. The summed E-state index contributed by atoms with van der Waals surface area (Å²) in [5.41, 5.74) is 0. The second-order valence-corrected chi connectivity index (χ2v) is 4.53. The van der Waals surface area contributed by atoms with Gasteiger partial charge in [0, 0.05) is 14.2 Å². The van der Waals surface area contributed by atoms with E-state index >= 15 is 0 Å². The first-order chi connectivity index (χ1) is 5.04. The van der Waals surface area contributed by atoms with Crippen molar-refractivity contribution in [3.05, 3.63) is 0 Å². The number of hydrogen-bond acceptors (Lipinski definition) is 4. The van der Waals surface area contributed by atoms with Gasteiger partial charge in [0.2, 0.25) is 0 Å². The second-order valence-electron chi connectivity index (χ2n) is 2.32. The molecule has 0 aromatic rings. The third-order valence-electron chi connectivity index (χ3n) is 1.12. The smallest absolute Gasteiger partial charge is 0.355 e. The van der Waals surface area contributed by atoms with Crippen molar-refractivity contribution in [3.63, 3.8) is 0 Å². The minimum absolute atomic E-state index is 0.0116. The van der Waals surface area contributed by atoms with Gasteiger partial charge in [0.05, 0.1) is 6.10 Å². The van der Waals surface area contributed by atoms with Crippen molar-refractivity contribution in [3.8, 4) is 0 Å². The molecule has 0 aliphatic carbocycles. The van der Waals surface area contributed by atoms with Crippen molar-refractivity contribution in [2.45, 2.75) is 20.0 Å². The molecular weight excluding hydrogens is 167 g/mol. The molecular formula is C6H15O4P. The van der Waals surface area contributed by atoms with Crippen LogP contribution in [0.2, 0.25) is 0 Å². The van der Waals surface area contributed by atoms with E-state index < -0.39 is 7.60 Å². The third-order valence-corrected chi connectivity index (χ3v) is 2.70. The summed E-state index contributed by atoms with van der Waals surface area (Å²) >= 11 is 0. The van der Waals surface area contributed by atoms with E-state index in [-0.39, 0.29) is 12.5 Å². The summed E-state index contributed by atoms with van der Waals surface area (Å²) in [5, 5.41) is 0. The lowest BCUT2D eigenvalue weighted by molar-refractivity contribution is 0.0954. The van der Waals surface area contributed by atoms with Crippen LogP contribution in [0.4, 0.5) is 0 Å². The van der Waals surface area contributed by atoms with Gasteiger partial charge in [-0.3, -0.25) is 4.57 Å². The molecule has 0 N–H and O–H groups in total. The molecule has 0 aromatic carbocycles. The summed E-state index contributed by atoms with van der Waals surface area (Å²) in [6.07, 6.45) is 0.0473. The first kappa shape index (κ1) is 11.1. The first-order valence-corrected chi connectivity index (χ1v) is 5.09. The fourth-order valence-corrected chi connectivity index (χ4v) is 1.26. The Morgan fingerprint density at radius 3 is 2.00 bits per heavy atom. The van der Waals surface area contributed by atoms with Crippen molar-refractivity contribution >= 4 is 7.60 Å². The van der Waals surface area contributed by atoms with Gasteiger partial charge in [-0.1, -0.05) is 0 Å². The van der Waals surface area contributed by atoms with Crippen LogP contribution in [0.15, 0.2) is 0 Å². The van der Waals surface area contributed by atoms with E-state index in [1.165, 1.54) is 14.2 Å². The molecule has 0 bridgehead atoms. The van der Waals surface area contributed by atoms with Crippen LogP contribution in [-0.2, 0) is 18.3 Å². The van der Waals surface area contributed by atoms with Gasteiger partial charge in [-0.2, -0.15) is 0 Å². The SMILES string of the molecule is COP(=O)(COC(C)C)OC. The molecule has 4 nitrogen and oxygen atoms in total. The lowest BCUT2D eigenvalue weighted by atomic mass is 10.5. The van der Waals surface area contributed by atoms with E-state index in [0.29, 0.717) is 0 Å². The van der Waals surface area contributed by atoms with Gasteiger partial charge in [0.25, 0.3) is 0 Å². The van der Waals surface area contributed by atoms with Crippen molar-refractivity contribution < 1.29 is 18.3 Å². The van der Waals surface area contributed by atoms with Gasteiger partial charge < -0.3 is 13.8 Å². The first-order valence-electron chi connectivity index (χ1n) is 3.36. The molecule has 0 radical (unpaired) electrons. The van der Waals surface area contributed by atoms with Gasteiger partial charge in [-0.05, 0) is 13.8 Å². The molecule has 0 aliphatic rings. The maximum absolute atomic E-state index is 11.3. The summed E-state index contributed by atoms with van der Waals surface area (Å²) in [6.45, 7) is 3.71. The fraction of sp³-hybridized carbons (Fsp3) is 1.00. The van der Waals surface area contributed by atoms with E-state index in [4.69, 9.17) is 4.74 Å². The predicted octanol–water partition coefficient (Wildman–Crippen LogP) is 1.85. The van der Waals surface area contributed by atoms with Gasteiger partial charge in [-0.25, -0.2) is 0 Å². The fourth-order valence-electron chi connectivity index (χ4n) is 0.420. The molecule has 0 aromatic heterocycles. The maximum atomic E-state index is 11.3. The minimum Gasteiger partial charge on any atom is -0.366 e. The highest BCUT2D eigenvalue weighted by Gasteiger charge is 2.21. The van der Waals surface area contributed by atoms with Crippen molar-refractivity contribution in [1.82, 2.24) is 0 Å². The van der Waals surface area contributed by atoms with Crippen LogP contribution >= 0.6 is 7.60 Å².